The summed E-state index contributed by atoms with van der Waals surface area (Å²) in [6.07, 6.45) is 18.6. The average molecular weight is 517 g/mol. The molecule has 34 heavy (non-hydrogen) atoms. The van der Waals surface area contributed by atoms with E-state index in [0.717, 1.165) is 18.5 Å². The van der Waals surface area contributed by atoms with Gasteiger partial charge in [0.05, 0.1) is 25.0 Å². The van der Waals surface area contributed by atoms with E-state index < -0.39 is 0 Å². The van der Waals surface area contributed by atoms with E-state index >= 15 is 0 Å². The highest BCUT2D eigenvalue weighted by Gasteiger charge is 2.15. The Hall–Kier alpha value is -1.13. The first-order valence-corrected chi connectivity index (χ1v) is 14.5. The van der Waals surface area contributed by atoms with Gasteiger partial charge in [0.1, 0.15) is 5.75 Å². The fourth-order valence-corrected chi connectivity index (χ4v) is 4.58. The maximum atomic E-state index is 12.0. The third-order valence-corrected chi connectivity index (χ3v) is 6.52. The van der Waals surface area contributed by atoms with Gasteiger partial charge in [-0.25, -0.2) is 4.79 Å². The highest BCUT2D eigenvalue weighted by Crippen LogP contribution is 2.30. The van der Waals surface area contributed by atoms with Gasteiger partial charge in [0.2, 0.25) is 0 Å². The molecule has 1 aromatic carbocycles. The van der Waals surface area contributed by atoms with Crippen molar-refractivity contribution in [1.82, 2.24) is 0 Å². The van der Waals surface area contributed by atoms with Gasteiger partial charge >= 0.3 is 5.97 Å². The number of carbonyl (C=O) groups is 1. The van der Waals surface area contributed by atoms with Gasteiger partial charge < -0.3 is 14.4 Å². The van der Waals surface area contributed by atoms with Crippen LogP contribution < -0.4 is 9.64 Å². The molecule has 6 heteroatoms. The van der Waals surface area contributed by atoms with Crippen LogP contribution in [0.2, 0.25) is 0 Å². The number of benzene rings is 1. The van der Waals surface area contributed by atoms with E-state index in [1.54, 1.807) is 12.1 Å². The molecular weight excluding hydrogens is 469 g/mol. The Labute approximate surface area is 218 Å². The molecule has 4 nitrogen and oxygen atoms in total. The minimum absolute atomic E-state index is 0.367. The number of ether oxygens (including phenoxy) is 2. The molecule has 0 fully saturated rings. The van der Waals surface area contributed by atoms with Crippen LogP contribution >= 0.6 is 23.2 Å². The number of unbranched alkanes of at least 4 members (excludes halogenated alkanes) is 13. The van der Waals surface area contributed by atoms with Gasteiger partial charge in [0.25, 0.3) is 0 Å². The standard InChI is InChI=1S/C28H47Cl2NO3/c1-3-4-5-6-7-8-9-10-11-12-13-14-15-16-23-34-27-24-25(28(32)33-2)17-18-26(27)31(21-19-29)22-20-30/h17-18,24H,3-16,19-23H2,1-2H3. The number of carbonyl (C=O) groups excluding carboxylic acids is 1. The number of rotatable bonds is 22. The maximum Gasteiger partial charge on any atom is 0.337 e. The van der Waals surface area contributed by atoms with Crippen LogP contribution in [0.15, 0.2) is 18.2 Å². The summed E-state index contributed by atoms with van der Waals surface area (Å²) >= 11 is 12.0. The second-order valence-electron chi connectivity index (χ2n) is 8.98. The monoisotopic (exact) mass is 515 g/mol. The Bertz CT molecular complexity index is 636. The lowest BCUT2D eigenvalue weighted by Gasteiger charge is -2.25. The van der Waals surface area contributed by atoms with E-state index in [9.17, 15) is 4.79 Å². The van der Waals surface area contributed by atoms with E-state index in [2.05, 4.69) is 11.8 Å². The summed E-state index contributed by atoms with van der Waals surface area (Å²) in [6.45, 7) is 4.24. The smallest absolute Gasteiger partial charge is 0.337 e. The summed E-state index contributed by atoms with van der Waals surface area (Å²) < 4.78 is 11.0. The summed E-state index contributed by atoms with van der Waals surface area (Å²) in [7, 11) is 1.39. The number of hydrogen-bond acceptors (Lipinski definition) is 4. The highest BCUT2D eigenvalue weighted by atomic mass is 35.5. The van der Waals surface area contributed by atoms with Crippen LogP contribution in [0, 0.1) is 0 Å². The van der Waals surface area contributed by atoms with Crippen molar-refractivity contribution in [1.29, 1.82) is 0 Å². The van der Waals surface area contributed by atoms with Gasteiger partial charge in [-0.1, -0.05) is 90.4 Å². The second kappa shape index (κ2) is 21.2. The number of methoxy groups -OCH3 is 1. The SMILES string of the molecule is CCCCCCCCCCCCCCCCOc1cc(C(=O)OC)ccc1N(CCCl)CCCl. The van der Waals surface area contributed by atoms with E-state index in [0.29, 0.717) is 42.8 Å². The first kappa shape index (κ1) is 30.9. The van der Waals surface area contributed by atoms with Crippen LogP contribution in [0.25, 0.3) is 0 Å². The van der Waals surface area contributed by atoms with Crippen LogP contribution in [-0.4, -0.2) is 44.5 Å². The molecule has 1 rings (SSSR count). The van der Waals surface area contributed by atoms with Crippen molar-refractivity contribution in [3.05, 3.63) is 23.8 Å². The van der Waals surface area contributed by atoms with E-state index in [-0.39, 0.29) is 5.97 Å². The summed E-state index contributed by atoms with van der Waals surface area (Å²) in [5.74, 6) is 1.31. The van der Waals surface area contributed by atoms with Crippen molar-refractivity contribution in [2.24, 2.45) is 0 Å². The molecule has 0 unspecified atom stereocenters. The van der Waals surface area contributed by atoms with Gasteiger partial charge in [-0.05, 0) is 24.6 Å². The number of esters is 1. The van der Waals surface area contributed by atoms with Crippen molar-refractivity contribution in [3.63, 3.8) is 0 Å². The minimum Gasteiger partial charge on any atom is -0.491 e. The zero-order valence-corrected chi connectivity index (χ0v) is 23.1. The molecule has 0 saturated heterocycles. The molecule has 0 amide bonds. The molecule has 0 aromatic heterocycles. The largest absolute Gasteiger partial charge is 0.491 e. The lowest BCUT2D eigenvalue weighted by atomic mass is 10.0. The van der Waals surface area contributed by atoms with E-state index in [1.807, 2.05) is 6.07 Å². The minimum atomic E-state index is -0.367. The quantitative estimate of drug-likeness (QED) is 0.0879. The van der Waals surface area contributed by atoms with Gasteiger partial charge in [0.15, 0.2) is 0 Å². The van der Waals surface area contributed by atoms with Gasteiger partial charge in [-0.3, -0.25) is 0 Å². The number of anilines is 1. The van der Waals surface area contributed by atoms with E-state index in [1.165, 1.54) is 84.2 Å². The lowest BCUT2D eigenvalue weighted by Crippen LogP contribution is -2.28. The summed E-state index contributed by atoms with van der Waals surface area (Å²) in [4.78, 5) is 14.1. The molecule has 0 aliphatic rings. The number of hydrogen-bond donors (Lipinski definition) is 0. The predicted molar refractivity (Wildman–Crippen MR) is 147 cm³/mol. The van der Waals surface area contributed by atoms with Crippen molar-refractivity contribution < 1.29 is 14.3 Å². The first-order chi connectivity index (χ1) is 16.7. The predicted octanol–water partition coefficient (Wildman–Crippen LogP) is 8.62. The number of alkyl halides is 2. The molecule has 0 bridgehead atoms. The molecule has 0 saturated carbocycles. The average Bonchev–Trinajstić information content (AvgIpc) is 2.85. The van der Waals surface area contributed by atoms with Crippen molar-refractivity contribution in [2.45, 2.75) is 96.8 Å². The number of nitrogens with zero attached hydrogens (tertiary/aromatic N) is 1. The zero-order chi connectivity index (χ0) is 24.9. The van der Waals surface area contributed by atoms with Crippen LogP contribution in [0.1, 0.15) is 107 Å². The van der Waals surface area contributed by atoms with Gasteiger partial charge in [-0.15, -0.1) is 23.2 Å². The normalized spacial score (nSPS) is 10.9. The third-order valence-electron chi connectivity index (χ3n) is 6.19. The fourth-order valence-electron chi connectivity index (χ4n) is 4.17. The van der Waals surface area contributed by atoms with Crippen LogP contribution in [0.5, 0.6) is 5.75 Å². The molecule has 1 aromatic rings. The van der Waals surface area contributed by atoms with Crippen molar-refractivity contribution in [2.75, 3.05) is 43.5 Å². The van der Waals surface area contributed by atoms with Gasteiger partial charge in [0, 0.05) is 24.8 Å². The molecule has 196 valence electrons. The lowest BCUT2D eigenvalue weighted by molar-refractivity contribution is 0.0600. The molecular formula is C28H47Cl2NO3. The molecule has 0 atom stereocenters. The second-order valence-corrected chi connectivity index (χ2v) is 9.74. The van der Waals surface area contributed by atoms with Crippen molar-refractivity contribution >= 4 is 34.9 Å². The molecule has 0 N–H and O–H groups in total. The molecule has 0 radical (unpaired) electrons. The van der Waals surface area contributed by atoms with Crippen LogP contribution in [0.4, 0.5) is 5.69 Å². The topological polar surface area (TPSA) is 38.8 Å². The summed E-state index contributed by atoms with van der Waals surface area (Å²) in [6, 6.07) is 5.42. The van der Waals surface area contributed by atoms with Crippen LogP contribution in [-0.2, 0) is 4.74 Å². The van der Waals surface area contributed by atoms with Crippen molar-refractivity contribution in [3.8, 4) is 5.75 Å². The Balaban J connectivity index is 2.30. The Morgan fingerprint density at radius 2 is 1.29 bits per heavy atom. The molecule has 0 aliphatic heterocycles. The first-order valence-electron chi connectivity index (χ1n) is 13.4. The molecule has 0 spiro atoms. The Kier molecular flexibility index (Phi) is 19.2. The Morgan fingerprint density at radius 3 is 1.76 bits per heavy atom. The Morgan fingerprint density at radius 1 is 0.794 bits per heavy atom. The zero-order valence-electron chi connectivity index (χ0n) is 21.6. The van der Waals surface area contributed by atoms with Gasteiger partial charge in [-0.2, -0.15) is 0 Å². The van der Waals surface area contributed by atoms with E-state index in [4.69, 9.17) is 32.7 Å². The van der Waals surface area contributed by atoms with Crippen LogP contribution in [0.3, 0.4) is 0 Å². The maximum absolute atomic E-state index is 12.0. The fraction of sp³-hybridized carbons (Fsp3) is 0.750. The number of halogens is 2. The third kappa shape index (κ3) is 13.7. The summed E-state index contributed by atoms with van der Waals surface area (Å²) in [5, 5.41) is 0. The molecule has 0 heterocycles. The molecule has 0 aliphatic carbocycles. The highest BCUT2D eigenvalue weighted by molar-refractivity contribution is 6.18. The summed E-state index contributed by atoms with van der Waals surface area (Å²) in [5.41, 5.74) is 1.40.